The fraction of sp³-hybridized carbons (Fsp3) is 0.189. The van der Waals surface area contributed by atoms with E-state index in [0.29, 0.717) is 35.7 Å². The van der Waals surface area contributed by atoms with Crippen molar-refractivity contribution in [3.63, 3.8) is 0 Å². The van der Waals surface area contributed by atoms with Crippen LogP contribution in [0.25, 0.3) is 16.8 Å². The minimum atomic E-state index is -0.899. The maximum Gasteiger partial charge on any atom is 0.161 e. The molecule has 0 saturated heterocycles. The smallest absolute Gasteiger partial charge is 0.161 e. The van der Waals surface area contributed by atoms with Gasteiger partial charge < -0.3 is 14.4 Å². The topological polar surface area (TPSA) is 69.3 Å². The highest BCUT2D eigenvalue weighted by Crippen LogP contribution is 2.62. The average Bonchev–Trinajstić information content (AvgIpc) is 3.25. The Morgan fingerprint density at radius 2 is 1.40 bits per heavy atom. The largest absolute Gasteiger partial charge is 0.493 e. The number of fused-ring (bicyclic) bond motifs is 8. The summed E-state index contributed by atoms with van der Waals surface area (Å²) >= 11 is 0. The molecule has 0 N–H and O–H groups in total. The standard InChI is InChI=1S/C37H29N3O2/c1-23-12-14-24(15-13-23)31-20-33-28-19-36(42-3)35(41-2)18-25(28)16-17-40(33)34(22-39)32(21-38)37(31)29-10-6-4-8-26(29)27-9-5-7-11-30(27)37/h4-15,18-20,31H,16-17H2,1-3H3/t31-/m1/s1. The summed E-state index contributed by atoms with van der Waals surface area (Å²) in [6.45, 7) is 2.65. The molecule has 1 spiro atoms. The van der Waals surface area contributed by atoms with Crippen LogP contribution in [0.1, 0.15) is 39.3 Å². The first kappa shape index (κ1) is 25.7. The second kappa shape index (κ2) is 9.68. The monoisotopic (exact) mass is 547 g/mol. The lowest BCUT2D eigenvalue weighted by Gasteiger charge is -2.38. The average molecular weight is 548 g/mol. The number of nitriles is 2. The number of aryl methyl sites for hydroxylation is 1. The van der Waals surface area contributed by atoms with Gasteiger partial charge in [-0.1, -0.05) is 84.4 Å². The van der Waals surface area contributed by atoms with Crippen molar-refractivity contribution in [3.05, 3.63) is 136 Å². The molecule has 5 nitrogen and oxygen atoms in total. The molecule has 7 rings (SSSR count). The summed E-state index contributed by atoms with van der Waals surface area (Å²) in [7, 11) is 3.28. The molecule has 0 amide bonds. The molecule has 3 aliphatic rings. The third kappa shape index (κ3) is 3.41. The molecule has 4 aromatic rings. The SMILES string of the molecule is COc1cc2c(cc1OC)C1=C[C@H](c3ccc(C)cc3)C3(C(C#N)=C(C#N)N1CC2)c1ccccc1-c1ccccc13. The van der Waals surface area contributed by atoms with E-state index >= 15 is 0 Å². The van der Waals surface area contributed by atoms with Gasteiger partial charge in [-0.2, -0.15) is 10.5 Å². The van der Waals surface area contributed by atoms with Crippen molar-refractivity contribution in [2.75, 3.05) is 20.8 Å². The maximum atomic E-state index is 11.1. The molecule has 0 unspecified atom stereocenters. The number of allylic oxidation sites excluding steroid dienone is 3. The van der Waals surface area contributed by atoms with Crippen molar-refractivity contribution in [2.45, 2.75) is 24.7 Å². The van der Waals surface area contributed by atoms with Crippen molar-refractivity contribution in [3.8, 4) is 34.8 Å². The van der Waals surface area contributed by atoms with Gasteiger partial charge >= 0.3 is 0 Å². The Bertz CT molecular complexity index is 1860. The predicted molar refractivity (Wildman–Crippen MR) is 163 cm³/mol. The Labute approximate surface area is 246 Å². The molecule has 42 heavy (non-hydrogen) atoms. The van der Waals surface area contributed by atoms with E-state index in [1.807, 2.05) is 41.3 Å². The summed E-state index contributed by atoms with van der Waals surface area (Å²) in [4.78, 5) is 2.05. The molecule has 1 atom stereocenters. The summed E-state index contributed by atoms with van der Waals surface area (Å²) < 4.78 is 11.4. The summed E-state index contributed by atoms with van der Waals surface area (Å²) in [5.74, 6) is 1.03. The Morgan fingerprint density at radius 3 is 2.00 bits per heavy atom. The van der Waals surface area contributed by atoms with Crippen LogP contribution >= 0.6 is 0 Å². The van der Waals surface area contributed by atoms with Crippen LogP contribution in [-0.2, 0) is 11.8 Å². The van der Waals surface area contributed by atoms with E-state index in [1.54, 1.807) is 14.2 Å². The fourth-order valence-electron chi connectivity index (χ4n) is 7.29. The van der Waals surface area contributed by atoms with Crippen LogP contribution in [0.5, 0.6) is 11.5 Å². The molecule has 0 aromatic heterocycles. The van der Waals surface area contributed by atoms with Gasteiger partial charge in [0.05, 0.1) is 31.3 Å². The van der Waals surface area contributed by atoms with Gasteiger partial charge in [0.1, 0.15) is 11.8 Å². The number of hydrogen-bond acceptors (Lipinski definition) is 5. The van der Waals surface area contributed by atoms with E-state index in [1.165, 1.54) is 0 Å². The first-order chi connectivity index (χ1) is 20.6. The second-order valence-corrected chi connectivity index (χ2v) is 11.1. The molecule has 0 bridgehead atoms. The molecular formula is C37H29N3O2. The lowest BCUT2D eigenvalue weighted by Crippen LogP contribution is -2.35. The van der Waals surface area contributed by atoms with E-state index in [-0.39, 0.29) is 5.92 Å². The number of methoxy groups -OCH3 is 2. The van der Waals surface area contributed by atoms with E-state index in [9.17, 15) is 10.5 Å². The Hall–Kier alpha value is -5.26. The molecule has 204 valence electrons. The van der Waals surface area contributed by atoms with Gasteiger partial charge in [0, 0.05) is 23.7 Å². The van der Waals surface area contributed by atoms with E-state index in [0.717, 1.165) is 50.2 Å². The van der Waals surface area contributed by atoms with Gasteiger partial charge in [-0.15, -0.1) is 0 Å². The molecule has 0 radical (unpaired) electrons. The van der Waals surface area contributed by atoms with Crippen LogP contribution in [0.4, 0.5) is 0 Å². The molecule has 5 heteroatoms. The number of nitrogens with zero attached hydrogens (tertiary/aromatic N) is 3. The molecule has 0 saturated carbocycles. The van der Waals surface area contributed by atoms with Gasteiger partial charge in [-0.25, -0.2) is 0 Å². The summed E-state index contributed by atoms with van der Waals surface area (Å²) in [5.41, 5.74) is 9.52. The zero-order valence-corrected chi connectivity index (χ0v) is 23.8. The zero-order valence-electron chi connectivity index (χ0n) is 23.8. The zero-order chi connectivity index (χ0) is 29.0. The van der Waals surface area contributed by atoms with Gasteiger partial charge in [0.15, 0.2) is 11.5 Å². The molecule has 4 aromatic carbocycles. The maximum absolute atomic E-state index is 11.1. The van der Waals surface area contributed by atoms with Crippen molar-refractivity contribution >= 4 is 5.70 Å². The highest BCUT2D eigenvalue weighted by Gasteiger charge is 2.55. The van der Waals surface area contributed by atoms with Crippen LogP contribution in [0.15, 0.2) is 102 Å². The summed E-state index contributed by atoms with van der Waals surface area (Å²) in [6, 6.07) is 34.4. The Morgan fingerprint density at radius 1 is 0.786 bits per heavy atom. The van der Waals surface area contributed by atoms with Crippen LogP contribution in [0.3, 0.4) is 0 Å². The summed E-state index contributed by atoms with van der Waals surface area (Å²) in [5, 5.41) is 21.9. The lowest BCUT2D eigenvalue weighted by atomic mass is 9.61. The first-order valence-corrected chi connectivity index (χ1v) is 14.1. The highest BCUT2D eigenvalue weighted by molar-refractivity contribution is 5.88. The predicted octanol–water partition coefficient (Wildman–Crippen LogP) is 7.28. The van der Waals surface area contributed by atoms with E-state index in [4.69, 9.17) is 9.47 Å². The second-order valence-electron chi connectivity index (χ2n) is 11.1. The number of benzene rings is 4. The molecule has 2 heterocycles. The minimum absolute atomic E-state index is 0.278. The van der Waals surface area contributed by atoms with Crippen molar-refractivity contribution in [2.24, 2.45) is 0 Å². The summed E-state index contributed by atoms with van der Waals surface area (Å²) in [6.07, 6.45) is 2.99. The lowest BCUT2D eigenvalue weighted by molar-refractivity contribution is 0.353. The van der Waals surface area contributed by atoms with Crippen LogP contribution in [-0.4, -0.2) is 25.7 Å². The van der Waals surface area contributed by atoms with Crippen molar-refractivity contribution in [1.82, 2.24) is 4.90 Å². The molecule has 0 fully saturated rings. The van der Waals surface area contributed by atoms with Crippen LogP contribution in [0, 0.1) is 29.6 Å². The van der Waals surface area contributed by atoms with Crippen molar-refractivity contribution < 1.29 is 9.47 Å². The molecular weight excluding hydrogens is 518 g/mol. The quantitative estimate of drug-likeness (QED) is 0.270. The Balaban J connectivity index is 1.65. The third-order valence-corrected chi connectivity index (χ3v) is 9.12. The molecule has 2 aliphatic heterocycles. The third-order valence-electron chi connectivity index (χ3n) is 9.12. The number of hydrogen-bond donors (Lipinski definition) is 0. The minimum Gasteiger partial charge on any atom is -0.493 e. The van der Waals surface area contributed by atoms with Crippen LogP contribution < -0.4 is 9.47 Å². The molecule has 1 aliphatic carbocycles. The van der Waals surface area contributed by atoms with Gasteiger partial charge in [0.25, 0.3) is 0 Å². The van der Waals surface area contributed by atoms with Gasteiger partial charge in [0.2, 0.25) is 0 Å². The van der Waals surface area contributed by atoms with Crippen molar-refractivity contribution in [1.29, 1.82) is 10.5 Å². The highest BCUT2D eigenvalue weighted by atomic mass is 16.5. The number of rotatable bonds is 3. The van der Waals surface area contributed by atoms with Crippen LogP contribution in [0.2, 0.25) is 0 Å². The van der Waals surface area contributed by atoms with Gasteiger partial charge in [-0.3, -0.25) is 0 Å². The van der Waals surface area contributed by atoms with E-state index < -0.39 is 5.41 Å². The number of ether oxygens (including phenoxy) is 2. The first-order valence-electron chi connectivity index (χ1n) is 14.1. The fourth-order valence-corrected chi connectivity index (χ4v) is 7.29. The Kier molecular flexibility index (Phi) is 5.92. The van der Waals surface area contributed by atoms with E-state index in [2.05, 4.69) is 73.7 Å². The normalized spacial score (nSPS) is 17.6. The van der Waals surface area contributed by atoms with Gasteiger partial charge in [-0.05, 0) is 58.9 Å².